The quantitative estimate of drug-likeness (QED) is 0.878. The van der Waals surface area contributed by atoms with Crippen LogP contribution in [0.25, 0.3) is 11.4 Å². The van der Waals surface area contributed by atoms with Gasteiger partial charge in [-0.3, -0.25) is 0 Å². The third kappa shape index (κ3) is 2.44. The van der Waals surface area contributed by atoms with Crippen LogP contribution in [-0.4, -0.2) is 10.1 Å². The van der Waals surface area contributed by atoms with Crippen molar-refractivity contribution in [3.63, 3.8) is 0 Å². The van der Waals surface area contributed by atoms with Gasteiger partial charge in [0.15, 0.2) is 0 Å². The summed E-state index contributed by atoms with van der Waals surface area (Å²) in [4.78, 5) is 3.91. The summed E-state index contributed by atoms with van der Waals surface area (Å²) in [5, 5.41) is 3.60. The second-order valence-corrected chi connectivity index (χ2v) is 3.29. The lowest BCUT2D eigenvalue weighted by Gasteiger charge is -2.05. The SMILES string of the molecule is NCc1nc(-c2ccc(C(F)(F)F)cc2)no1. The smallest absolute Gasteiger partial charge is 0.338 e. The molecule has 7 heteroatoms. The van der Waals surface area contributed by atoms with Crippen LogP contribution >= 0.6 is 0 Å². The number of halogens is 3. The van der Waals surface area contributed by atoms with Crippen molar-refractivity contribution in [2.45, 2.75) is 12.7 Å². The summed E-state index contributed by atoms with van der Waals surface area (Å²) in [5.74, 6) is 0.457. The van der Waals surface area contributed by atoms with Gasteiger partial charge in [0.2, 0.25) is 11.7 Å². The van der Waals surface area contributed by atoms with Crippen molar-refractivity contribution in [3.8, 4) is 11.4 Å². The Kier molecular flexibility index (Phi) is 2.84. The fourth-order valence-electron chi connectivity index (χ4n) is 1.26. The average Bonchev–Trinajstić information content (AvgIpc) is 2.76. The van der Waals surface area contributed by atoms with Crippen LogP contribution in [0.4, 0.5) is 13.2 Å². The van der Waals surface area contributed by atoms with Crippen LogP contribution in [0.2, 0.25) is 0 Å². The monoisotopic (exact) mass is 243 g/mol. The maximum atomic E-state index is 12.3. The summed E-state index contributed by atoms with van der Waals surface area (Å²) in [5.41, 5.74) is 5.00. The fraction of sp³-hybridized carbons (Fsp3) is 0.200. The van der Waals surface area contributed by atoms with Crippen molar-refractivity contribution < 1.29 is 17.7 Å². The van der Waals surface area contributed by atoms with Gasteiger partial charge in [0.1, 0.15) is 0 Å². The van der Waals surface area contributed by atoms with E-state index < -0.39 is 11.7 Å². The second kappa shape index (κ2) is 4.17. The van der Waals surface area contributed by atoms with Gasteiger partial charge in [-0.25, -0.2) is 0 Å². The van der Waals surface area contributed by atoms with Gasteiger partial charge in [-0.2, -0.15) is 18.2 Å². The molecule has 0 unspecified atom stereocenters. The number of nitrogens with two attached hydrogens (primary N) is 1. The van der Waals surface area contributed by atoms with Gasteiger partial charge in [0.05, 0.1) is 12.1 Å². The molecule has 0 saturated carbocycles. The summed E-state index contributed by atoms with van der Waals surface area (Å²) in [6.07, 6.45) is -4.35. The number of rotatable bonds is 2. The van der Waals surface area contributed by atoms with Gasteiger partial charge >= 0.3 is 6.18 Å². The van der Waals surface area contributed by atoms with Crippen molar-refractivity contribution in [1.82, 2.24) is 10.1 Å². The van der Waals surface area contributed by atoms with Crippen molar-refractivity contribution >= 4 is 0 Å². The third-order valence-electron chi connectivity index (χ3n) is 2.11. The minimum Gasteiger partial charge on any atom is -0.338 e. The summed E-state index contributed by atoms with van der Waals surface area (Å²) >= 11 is 0. The third-order valence-corrected chi connectivity index (χ3v) is 2.11. The molecule has 0 radical (unpaired) electrons. The highest BCUT2D eigenvalue weighted by Crippen LogP contribution is 2.30. The average molecular weight is 243 g/mol. The Morgan fingerprint density at radius 1 is 1.18 bits per heavy atom. The highest BCUT2D eigenvalue weighted by molar-refractivity contribution is 5.54. The Hall–Kier alpha value is -1.89. The molecule has 2 rings (SSSR count). The Bertz CT molecular complexity index is 504. The maximum Gasteiger partial charge on any atom is 0.416 e. The molecule has 2 aromatic rings. The maximum absolute atomic E-state index is 12.3. The van der Waals surface area contributed by atoms with Crippen molar-refractivity contribution in [2.24, 2.45) is 5.73 Å². The number of benzene rings is 1. The largest absolute Gasteiger partial charge is 0.416 e. The van der Waals surface area contributed by atoms with E-state index in [0.29, 0.717) is 5.56 Å². The van der Waals surface area contributed by atoms with Crippen LogP contribution < -0.4 is 5.73 Å². The number of alkyl halides is 3. The lowest BCUT2D eigenvalue weighted by molar-refractivity contribution is -0.137. The summed E-state index contributed by atoms with van der Waals surface area (Å²) in [7, 11) is 0. The molecule has 0 bridgehead atoms. The Morgan fingerprint density at radius 3 is 2.29 bits per heavy atom. The molecule has 4 nitrogen and oxygen atoms in total. The van der Waals surface area contributed by atoms with E-state index in [1.54, 1.807) is 0 Å². The van der Waals surface area contributed by atoms with E-state index in [-0.39, 0.29) is 18.3 Å². The molecule has 0 aliphatic heterocycles. The molecule has 0 aliphatic rings. The van der Waals surface area contributed by atoms with Gasteiger partial charge in [0, 0.05) is 5.56 Å². The van der Waals surface area contributed by atoms with Gasteiger partial charge in [-0.1, -0.05) is 17.3 Å². The van der Waals surface area contributed by atoms with Crippen LogP contribution in [-0.2, 0) is 12.7 Å². The van der Waals surface area contributed by atoms with E-state index >= 15 is 0 Å². The highest BCUT2D eigenvalue weighted by Gasteiger charge is 2.30. The van der Waals surface area contributed by atoms with Crippen molar-refractivity contribution in [1.29, 1.82) is 0 Å². The van der Waals surface area contributed by atoms with Crippen LogP contribution in [0.3, 0.4) is 0 Å². The van der Waals surface area contributed by atoms with Crippen molar-refractivity contribution in [3.05, 3.63) is 35.7 Å². The molecule has 1 aromatic heterocycles. The Labute approximate surface area is 94.2 Å². The number of hydrogen-bond donors (Lipinski definition) is 1. The van der Waals surface area contributed by atoms with Crippen LogP contribution in [0.15, 0.2) is 28.8 Å². The van der Waals surface area contributed by atoms with Gasteiger partial charge < -0.3 is 10.3 Å². The molecule has 2 N–H and O–H groups in total. The molecule has 17 heavy (non-hydrogen) atoms. The lowest BCUT2D eigenvalue weighted by Crippen LogP contribution is -2.04. The van der Waals surface area contributed by atoms with E-state index in [1.165, 1.54) is 12.1 Å². The summed E-state index contributed by atoms with van der Waals surface area (Å²) < 4.78 is 41.7. The summed E-state index contributed by atoms with van der Waals surface area (Å²) in [6.45, 7) is 0.0909. The molecule has 0 spiro atoms. The molecule has 0 saturated heterocycles. The molecule has 1 aromatic carbocycles. The van der Waals surface area contributed by atoms with Crippen LogP contribution in [0.1, 0.15) is 11.5 Å². The number of hydrogen-bond acceptors (Lipinski definition) is 4. The molecule has 90 valence electrons. The zero-order valence-corrected chi connectivity index (χ0v) is 8.53. The number of aromatic nitrogens is 2. The standard InChI is InChI=1S/C10H8F3N3O/c11-10(12,13)7-3-1-6(2-4-7)9-15-8(5-14)17-16-9/h1-4H,5,14H2. The molecule has 1 heterocycles. The van der Waals surface area contributed by atoms with E-state index in [4.69, 9.17) is 10.3 Å². The first-order valence-corrected chi connectivity index (χ1v) is 4.71. The Morgan fingerprint density at radius 2 is 1.82 bits per heavy atom. The zero-order valence-electron chi connectivity index (χ0n) is 8.53. The molecule has 0 amide bonds. The molecule has 0 fully saturated rings. The molecular formula is C10H8F3N3O. The normalized spacial score (nSPS) is 11.8. The van der Waals surface area contributed by atoms with E-state index in [1.807, 2.05) is 0 Å². The molecule has 0 atom stereocenters. The first-order valence-electron chi connectivity index (χ1n) is 4.71. The Balaban J connectivity index is 2.29. The predicted molar refractivity (Wildman–Crippen MR) is 52.6 cm³/mol. The first kappa shape index (κ1) is 11.6. The lowest BCUT2D eigenvalue weighted by atomic mass is 10.1. The summed E-state index contributed by atoms with van der Waals surface area (Å²) in [6, 6.07) is 4.50. The zero-order chi connectivity index (χ0) is 12.5. The van der Waals surface area contributed by atoms with Gasteiger partial charge in [-0.15, -0.1) is 0 Å². The van der Waals surface area contributed by atoms with E-state index in [2.05, 4.69) is 10.1 Å². The minimum atomic E-state index is -4.35. The van der Waals surface area contributed by atoms with E-state index in [9.17, 15) is 13.2 Å². The minimum absolute atomic E-state index is 0.0909. The topological polar surface area (TPSA) is 64.9 Å². The number of nitrogens with zero attached hydrogens (tertiary/aromatic N) is 2. The molecule has 0 aliphatic carbocycles. The van der Waals surface area contributed by atoms with Crippen LogP contribution in [0, 0.1) is 0 Å². The highest BCUT2D eigenvalue weighted by atomic mass is 19.4. The van der Waals surface area contributed by atoms with E-state index in [0.717, 1.165) is 12.1 Å². The predicted octanol–water partition coefficient (Wildman–Crippen LogP) is 2.21. The molecular weight excluding hydrogens is 235 g/mol. The van der Waals surface area contributed by atoms with Crippen LogP contribution in [0.5, 0.6) is 0 Å². The van der Waals surface area contributed by atoms with Crippen molar-refractivity contribution in [2.75, 3.05) is 0 Å². The fourth-order valence-corrected chi connectivity index (χ4v) is 1.26. The van der Waals surface area contributed by atoms with Gasteiger partial charge in [0.25, 0.3) is 0 Å². The second-order valence-electron chi connectivity index (χ2n) is 3.29. The van der Waals surface area contributed by atoms with Gasteiger partial charge in [-0.05, 0) is 12.1 Å². The first-order chi connectivity index (χ1) is 8.00.